The van der Waals surface area contributed by atoms with Gasteiger partial charge >= 0.3 is 0 Å². The lowest BCUT2D eigenvalue weighted by atomic mass is 9.99. The Kier molecular flexibility index (Phi) is 5.00. The van der Waals surface area contributed by atoms with Gasteiger partial charge < -0.3 is 10.4 Å². The number of benzene rings is 1. The van der Waals surface area contributed by atoms with Gasteiger partial charge in [-0.1, -0.05) is 37.5 Å². The number of hydrogen-bond acceptors (Lipinski definition) is 2. The standard InChI is InChI=1S/C17H27NO/c1-12-9-10-15(11-13(12)2)14(3)18-16-7-5-4-6-8-17(16)19/h9-11,14,16-19H,4-8H2,1-3H3. The van der Waals surface area contributed by atoms with Gasteiger partial charge in [-0.15, -0.1) is 0 Å². The molecule has 106 valence electrons. The molecule has 1 aliphatic rings. The molecule has 0 amide bonds. The minimum absolute atomic E-state index is 0.184. The second-order valence-electron chi connectivity index (χ2n) is 6.04. The van der Waals surface area contributed by atoms with Crippen molar-refractivity contribution in [2.24, 2.45) is 0 Å². The predicted octanol–water partition coefficient (Wildman–Crippen LogP) is 3.65. The second kappa shape index (κ2) is 6.53. The van der Waals surface area contributed by atoms with Crippen molar-refractivity contribution in [1.29, 1.82) is 0 Å². The molecule has 19 heavy (non-hydrogen) atoms. The van der Waals surface area contributed by atoms with Crippen LogP contribution >= 0.6 is 0 Å². The van der Waals surface area contributed by atoms with Gasteiger partial charge in [0.05, 0.1) is 6.10 Å². The summed E-state index contributed by atoms with van der Waals surface area (Å²) in [6.45, 7) is 6.50. The van der Waals surface area contributed by atoms with E-state index >= 15 is 0 Å². The first-order valence-electron chi connectivity index (χ1n) is 7.59. The summed E-state index contributed by atoms with van der Waals surface area (Å²) >= 11 is 0. The summed E-state index contributed by atoms with van der Waals surface area (Å²) in [4.78, 5) is 0. The van der Waals surface area contributed by atoms with Crippen LogP contribution in [0.4, 0.5) is 0 Å². The highest BCUT2D eigenvalue weighted by Gasteiger charge is 2.23. The maximum absolute atomic E-state index is 10.2. The molecule has 1 fully saturated rings. The zero-order valence-electron chi connectivity index (χ0n) is 12.4. The van der Waals surface area contributed by atoms with Gasteiger partial charge in [-0.2, -0.15) is 0 Å². The van der Waals surface area contributed by atoms with Gasteiger partial charge in [0.1, 0.15) is 0 Å². The number of aliphatic hydroxyl groups is 1. The van der Waals surface area contributed by atoms with Crippen LogP contribution in [0.1, 0.15) is 61.8 Å². The maximum atomic E-state index is 10.2. The van der Waals surface area contributed by atoms with Crippen molar-refractivity contribution in [2.45, 2.75) is 71.1 Å². The molecule has 0 spiro atoms. The molecule has 1 aromatic carbocycles. The molecule has 1 aromatic rings. The van der Waals surface area contributed by atoms with E-state index < -0.39 is 0 Å². The van der Waals surface area contributed by atoms with E-state index in [0.29, 0.717) is 6.04 Å². The van der Waals surface area contributed by atoms with Gasteiger partial charge in [-0.3, -0.25) is 0 Å². The van der Waals surface area contributed by atoms with Crippen molar-refractivity contribution >= 4 is 0 Å². The largest absolute Gasteiger partial charge is 0.392 e. The molecule has 1 saturated carbocycles. The minimum atomic E-state index is -0.184. The van der Waals surface area contributed by atoms with Gasteiger partial charge in [-0.25, -0.2) is 0 Å². The molecule has 3 unspecified atom stereocenters. The van der Waals surface area contributed by atoms with Crippen LogP contribution in [0.25, 0.3) is 0 Å². The summed E-state index contributed by atoms with van der Waals surface area (Å²) in [5, 5.41) is 13.8. The lowest BCUT2D eigenvalue weighted by Gasteiger charge is -2.26. The molecule has 2 rings (SSSR count). The summed E-state index contributed by atoms with van der Waals surface area (Å²) in [7, 11) is 0. The second-order valence-corrected chi connectivity index (χ2v) is 6.04. The zero-order valence-corrected chi connectivity index (χ0v) is 12.4. The summed E-state index contributed by atoms with van der Waals surface area (Å²) in [5.41, 5.74) is 4.00. The highest BCUT2D eigenvalue weighted by atomic mass is 16.3. The number of aliphatic hydroxyl groups excluding tert-OH is 1. The van der Waals surface area contributed by atoms with Crippen LogP contribution in [0.2, 0.25) is 0 Å². The van der Waals surface area contributed by atoms with Crippen molar-refractivity contribution in [3.05, 3.63) is 34.9 Å². The van der Waals surface area contributed by atoms with Crippen molar-refractivity contribution < 1.29 is 5.11 Å². The molecular formula is C17H27NO. The third-order valence-electron chi connectivity index (χ3n) is 4.47. The molecule has 0 heterocycles. The Hall–Kier alpha value is -0.860. The van der Waals surface area contributed by atoms with E-state index in [4.69, 9.17) is 0 Å². The number of rotatable bonds is 3. The number of aryl methyl sites for hydroxylation is 2. The van der Waals surface area contributed by atoms with Crippen LogP contribution in [0.3, 0.4) is 0 Å². The highest BCUT2D eigenvalue weighted by molar-refractivity contribution is 5.31. The smallest absolute Gasteiger partial charge is 0.0693 e. The SMILES string of the molecule is Cc1ccc(C(C)NC2CCCCCC2O)cc1C. The van der Waals surface area contributed by atoms with Gasteiger partial charge in [0.25, 0.3) is 0 Å². The monoisotopic (exact) mass is 261 g/mol. The van der Waals surface area contributed by atoms with Gasteiger partial charge in [0.15, 0.2) is 0 Å². The summed E-state index contributed by atoms with van der Waals surface area (Å²) < 4.78 is 0. The van der Waals surface area contributed by atoms with E-state index in [1.807, 2.05) is 0 Å². The van der Waals surface area contributed by atoms with Crippen LogP contribution < -0.4 is 5.32 Å². The maximum Gasteiger partial charge on any atom is 0.0693 e. The number of nitrogens with one attached hydrogen (secondary N) is 1. The molecule has 0 bridgehead atoms. The molecule has 0 radical (unpaired) electrons. The Labute approximate surface area is 117 Å². The Morgan fingerprint density at radius 1 is 1.11 bits per heavy atom. The molecule has 2 N–H and O–H groups in total. The lowest BCUT2D eigenvalue weighted by molar-refractivity contribution is 0.115. The molecule has 0 aliphatic heterocycles. The third kappa shape index (κ3) is 3.80. The van der Waals surface area contributed by atoms with Crippen LogP contribution in [-0.4, -0.2) is 17.3 Å². The van der Waals surface area contributed by atoms with Gasteiger partial charge in [0, 0.05) is 12.1 Å². The van der Waals surface area contributed by atoms with Crippen molar-refractivity contribution in [1.82, 2.24) is 5.32 Å². The van der Waals surface area contributed by atoms with E-state index in [9.17, 15) is 5.11 Å². The fourth-order valence-corrected chi connectivity index (χ4v) is 2.93. The van der Waals surface area contributed by atoms with Crippen LogP contribution in [0.5, 0.6) is 0 Å². The Morgan fingerprint density at radius 3 is 2.58 bits per heavy atom. The van der Waals surface area contributed by atoms with E-state index in [2.05, 4.69) is 44.3 Å². The third-order valence-corrected chi connectivity index (χ3v) is 4.47. The van der Waals surface area contributed by atoms with E-state index in [0.717, 1.165) is 19.3 Å². The first-order chi connectivity index (χ1) is 9.08. The lowest BCUT2D eigenvalue weighted by Crippen LogP contribution is -2.40. The van der Waals surface area contributed by atoms with Gasteiger partial charge in [-0.05, 0) is 50.3 Å². The molecule has 2 heteroatoms. The van der Waals surface area contributed by atoms with E-state index in [1.165, 1.54) is 29.5 Å². The Balaban J connectivity index is 2.02. The van der Waals surface area contributed by atoms with Gasteiger partial charge in [0.2, 0.25) is 0 Å². The molecule has 3 atom stereocenters. The Bertz CT molecular complexity index is 416. The van der Waals surface area contributed by atoms with Crippen LogP contribution in [0.15, 0.2) is 18.2 Å². The molecule has 0 saturated heterocycles. The Morgan fingerprint density at radius 2 is 1.84 bits per heavy atom. The first-order valence-corrected chi connectivity index (χ1v) is 7.59. The quantitative estimate of drug-likeness (QED) is 0.814. The summed E-state index contributed by atoms with van der Waals surface area (Å²) in [6.07, 6.45) is 5.50. The fraction of sp³-hybridized carbons (Fsp3) is 0.647. The minimum Gasteiger partial charge on any atom is -0.392 e. The zero-order chi connectivity index (χ0) is 13.8. The molecule has 2 nitrogen and oxygen atoms in total. The van der Waals surface area contributed by atoms with Crippen molar-refractivity contribution in [3.63, 3.8) is 0 Å². The number of hydrogen-bond donors (Lipinski definition) is 2. The normalized spacial score (nSPS) is 25.9. The summed E-state index contributed by atoms with van der Waals surface area (Å²) in [5.74, 6) is 0. The van der Waals surface area contributed by atoms with Crippen LogP contribution in [-0.2, 0) is 0 Å². The average Bonchev–Trinajstić information content (AvgIpc) is 2.58. The first kappa shape index (κ1) is 14.5. The highest BCUT2D eigenvalue weighted by Crippen LogP contribution is 2.22. The van der Waals surface area contributed by atoms with E-state index in [-0.39, 0.29) is 12.1 Å². The topological polar surface area (TPSA) is 32.3 Å². The molecular weight excluding hydrogens is 234 g/mol. The van der Waals surface area contributed by atoms with Crippen LogP contribution in [0, 0.1) is 13.8 Å². The van der Waals surface area contributed by atoms with Crippen molar-refractivity contribution in [3.8, 4) is 0 Å². The molecule has 0 aromatic heterocycles. The molecule has 1 aliphatic carbocycles. The summed E-state index contributed by atoms with van der Waals surface area (Å²) in [6, 6.07) is 7.20. The predicted molar refractivity (Wildman–Crippen MR) is 80.3 cm³/mol. The van der Waals surface area contributed by atoms with E-state index in [1.54, 1.807) is 0 Å². The fourth-order valence-electron chi connectivity index (χ4n) is 2.93. The van der Waals surface area contributed by atoms with Crippen molar-refractivity contribution in [2.75, 3.05) is 0 Å². The average molecular weight is 261 g/mol.